The van der Waals surface area contributed by atoms with Crippen LogP contribution in [0.2, 0.25) is 0 Å². The lowest BCUT2D eigenvalue weighted by molar-refractivity contribution is -0.277. The third kappa shape index (κ3) is 31.5. The predicted octanol–water partition coefficient (Wildman–Crippen LogP) is 12.3. The van der Waals surface area contributed by atoms with Crippen LogP contribution in [0.15, 0.2) is 84.9 Å². The van der Waals surface area contributed by atoms with Crippen LogP contribution >= 0.6 is 0 Å². The maximum atomic E-state index is 11.3. The van der Waals surface area contributed by atoms with Crippen LogP contribution in [0.4, 0.5) is 11.4 Å². The van der Waals surface area contributed by atoms with E-state index in [1.807, 2.05) is 65.8 Å². The molecular weight excluding hydrogens is 1170 g/mol. The van der Waals surface area contributed by atoms with E-state index in [4.69, 9.17) is 33.2 Å². The molecule has 4 aromatic carbocycles. The third-order valence-electron chi connectivity index (χ3n) is 13.5. The first-order valence-electron chi connectivity index (χ1n) is 32.3. The molecule has 6 rings (SSSR count). The Morgan fingerprint density at radius 2 is 0.739 bits per heavy atom. The lowest BCUT2D eigenvalue weighted by Gasteiger charge is -2.39. The van der Waals surface area contributed by atoms with E-state index in [0.29, 0.717) is 49.6 Å². The number of benzene rings is 4. The molecule has 522 valence electrons. The summed E-state index contributed by atoms with van der Waals surface area (Å²) in [5.74, 6) is -0.531. The van der Waals surface area contributed by atoms with Crippen molar-refractivity contribution in [1.82, 2.24) is 0 Å². The number of hydrogen-bond donors (Lipinski definition) is 10. The zero-order valence-electron chi connectivity index (χ0n) is 60.1. The summed E-state index contributed by atoms with van der Waals surface area (Å²) in [7, 11) is 0. The Hall–Kier alpha value is -4.93. The maximum absolute atomic E-state index is 11.3. The predicted molar refractivity (Wildman–Crippen MR) is 365 cm³/mol. The van der Waals surface area contributed by atoms with Crippen LogP contribution in [-0.4, -0.2) is 143 Å². The second kappa shape index (κ2) is 33.6. The molecule has 2 fully saturated rings. The fourth-order valence-electron chi connectivity index (χ4n) is 9.43. The van der Waals surface area contributed by atoms with Crippen LogP contribution in [0, 0.1) is 16.2 Å². The lowest BCUT2D eigenvalue weighted by atomic mass is 9.87. The number of carboxylic acid groups (broad SMARTS) is 1. The van der Waals surface area contributed by atoms with Gasteiger partial charge in [-0.15, -0.1) is 0 Å². The van der Waals surface area contributed by atoms with Gasteiger partial charge in [-0.3, -0.25) is 0 Å². The zero-order chi connectivity index (χ0) is 70.3. The average molecular weight is 1290 g/mol. The van der Waals surface area contributed by atoms with Crippen molar-refractivity contribution in [2.24, 2.45) is 16.2 Å². The molecule has 2 saturated heterocycles. The minimum atomic E-state index is -1.76. The topological polar surface area (TPSA) is 268 Å². The van der Waals surface area contributed by atoms with E-state index in [2.05, 4.69) is 184 Å². The average Bonchev–Trinajstić information content (AvgIpc) is 0.824. The van der Waals surface area contributed by atoms with E-state index < -0.39 is 74.0 Å². The molecule has 0 spiro atoms. The summed E-state index contributed by atoms with van der Waals surface area (Å²) >= 11 is 0. The molecule has 0 amide bonds. The van der Waals surface area contributed by atoms with Gasteiger partial charge in [0.15, 0.2) is 6.10 Å². The number of aliphatic hydroxyl groups is 7. The highest BCUT2D eigenvalue weighted by Crippen LogP contribution is 2.35. The number of carboxylic acids is 1. The SMILES string of the molecule is CC(C)(C)Cc1cc(COC(C)(C)C)ccc1OC1OC(C(=O)O)C(O)C(O)C1O.CC(C)(C)Cc1cc(COC(C)(C)C)ccc1OC1OC(CO)C(O)C(O)C1O.CC(C)(C)Cc1ccc(NC(C)(C)C)cc1.CC(C)(C)Nc1ccc(COC(C)(C)C)cc1. The molecule has 18 heteroatoms. The van der Waals surface area contributed by atoms with E-state index in [-0.39, 0.29) is 38.7 Å². The standard InChI is InChI=1S/C22H34O8.C22H36O7.C15H25NO.C15H25N/c1-21(2,3)10-13-9-12(11-28-22(4,5)6)7-8-14(13)29-20-17(25)15(23)16(24)18(30-20)19(26)27;1-21(2,3)10-14-9-13(12-27-22(4,5)6)7-8-15(14)28-20-19(26)18(25)17(24)16(11-23)29-20;1-14(2,3)16-13-9-7-12(8-10-13)11-17-15(4,5)6;1-14(2,3)11-12-7-9-13(10-8-12)16-15(4,5)6/h7-9,15-18,20,23-25H,10-11H2,1-6H3,(H,26,27);7-9,16-20,23-26H,10-12H2,1-6H3;7-10,16H,11H2,1-6H3;7-10,16H,11H2,1-6H3. The molecular formula is C74H120N2O16. The van der Waals surface area contributed by atoms with Gasteiger partial charge in [-0.05, 0) is 221 Å². The van der Waals surface area contributed by atoms with Gasteiger partial charge >= 0.3 is 5.97 Å². The van der Waals surface area contributed by atoms with Crippen molar-refractivity contribution in [2.45, 2.75) is 295 Å². The minimum absolute atomic E-state index is 0.0169. The molecule has 0 radical (unpaired) electrons. The quantitative estimate of drug-likeness (QED) is 0.0471. The summed E-state index contributed by atoms with van der Waals surface area (Å²) in [5, 5.41) is 85.8. The van der Waals surface area contributed by atoms with Gasteiger partial charge in [0.2, 0.25) is 12.6 Å². The first kappa shape index (κ1) is 81.3. The highest BCUT2D eigenvalue weighted by Gasteiger charge is 2.49. The summed E-state index contributed by atoms with van der Waals surface area (Å²) in [6, 6.07) is 28.4. The Morgan fingerprint density at radius 1 is 0.413 bits per heavy atom. The molecule has 0 aromatic heterocycles. The first-order chi connectivity index (χ1) is 41.8. The molecule has 2 heterocycles. The normalized spacial score (nSPS) is 22.5. The van der Waals surface area contributed by atoms with E-state index in [0.717, 1.165) is 34.4 Å². The van der Waals surface area contributed by atoms with Crippen LogP contribution in [0.3, 0.4) is 0 Å². The Kier molecular flexibility index (Phi) is 29.7. The largest absolute Gasteiger partial charge is 0.479 e. The first-order valence-corrected chi connectivity index (χ1v) is 32.3. The van der Waals surface area contributed by atoms with Crippen LogP contribution in [0.25, 0.3) is 0 Å². The smallest absolute Gasteiger partial charge is 0.335 e. The second-order valence-electron chi connectivity index (χ2n) is 33.1. The van der Waals surface area contributed by atoms with Crippen molar-refractivity contribution in [1.29, 1.82) is 0 Å². The van der Waals surface area contributed by atoms with Crippen molar-refractivity contribution in [3.8, 4) is 11.5 Å². The number of rotatable bonds is 17. The molecule has 0 aliphatic carbocycles. The molecule has 4 aromatic rings. The molecule has 10 N–H and O–H groups in total. The molecule has 0 bridgehead atoms. The fourth-order valence-corrected chi connectivity index (χ4v) is 9.43. The zero-order valence-corrected chi connectivity index (χ0v) is 60.1. The van der Waals surface area contributed by atoms with Gasteiger partial charge in [-0.2, -0.15) is 0 Å². The van der Waals surface area contributed by atoms with E-state index in [1.165, 1.54) is 16.8 Å². The monoisotopic (exact) mass is 1290 g/mol. The van der Waals surface area contributed by atoms with E-state index in [9.17, 15) is 45.6 Å². The summed E-state index contributed by atoms with van der Waals surface area (Å²) in [4.78, 5) is 11.3. The van der Waals surface area contributed by atoms with Gasteiger partial charge in [0.25, 0.3) is 0 Å². The number of carbonyl (C=O) groups is 1. The number of ether oxygens (including phenoxy) is 7. The number of anilines is 2. The van der Waals surface area contributed by atoms with Crippen LogP contribution < -0.4 is 20.1 Å². The minimum Gasteiger partial charge on any atom is -0.479 e. The Labute approximate surface area is 551 Å². The molecule has 2 aliphatic heterocycles. The van der Waals surface area contributed by atoms with Crippen molar-refractivity contribution in [2.75, 3.05) is 17.2 Å². The van der Waals surface area contributed by atoms with Gasteiger partial charge in [0.1, 0.15) is 54.2 Å². The summed E-state index contributed by atoms with van der Waals surface area (Å²) in [6.45, 7) is 51.5. The van der Waals surface area contributed by atoms with Crippen molar-refractivity contribution in [3.63, 3.8) is 0 Å². The van der Waals surface area contributed by atoms with Gasteiger partial charge in [0, 0.05) is 22.5 Å². The molecule has 10 unspecified atom stereocenters. The maximum Gasteiger partial charge on any atom is 0.335 e. The van der Waals surface area contributed by atoms with Gasteiger partial charge in [0.05, 0.1) is 43.2 Å². The second-order valence-corrected chi connectivity index (χ2v) is 33.1. The van der Waals surface area contributed by atoms with Crippen molar-refractivity contribution < 1.29 is 78.8 Å². The van der Waals surface area contributed by atoms with Crippen LogP contribution in [0.5, 0.6) is 11.5 Å². The number of aliphatic carboxylic acids is 1. The molecule has 10 atom stereocenters. The number of aliphatic hydroxyl groups excluding tert-OH is 7. The van der Waals surface area contributed by atoms with E-state index in [1.54, 1.807) is 12.1 Å². The van der Waals surface area contributed by atoms with Gasteiger partial charge in [-0.25, -0.2) is 4.79 Å². The lowest BCUT2D eigenvalue weighted by Crippen LogP contribution is -2.61. The summed E-state index contributed by atoms with van der Waals surface area (Å²) < 4.78 is 39.9. The Morgan fingerprint density at radius 3 is 1.07 bits per heavy atom. The van der Waals surface area contributed by atoms with Gasteiger partial charge in [-0.1, -0.05) is 98.7 Å². The molecule has 0 saturated carbocycles. The van der Waals surface area contributed by atoms with Crippen molar-refractivity contribution in [3.05, 3.63) is 118 Å². The van der Waals surface area contributed by atoms with Gasteiger partial charge < -0.3 is 84.6 Å². The fraction of sp³-hybridized carbons (Fsp3) is 0.662. The van der Waals surface area contributed by atoms with E-state index >= 15 is 0 Å². The molecule has 18 nitrogen and oxygen atoms in total. The van der Waals surface area contributed by atoms with Crippen LogP contribution in [0.1, 0.15) is 200 Å². The number of hydrogen-bond acceptors (Lipinski definition) is 17. The Bertz CT molecular complexity index is 2790. The molecule has 92 heavy (non-hydrogen) atoms. The van der Waals surface area contributed by atoms with Crippen LogP contribution in [-0.2, 0) is 67.6 Å². The number of nitrogens with one attached hydrogen (secondary N) is 2. The third-order valence-corrected chi connectivity index (χ3v) is 13.5. The highest BCUT2D eigenvalue weighted by atomic mass is 16.7. The summed E-state index contributed by atoms with van der Waals surface area (Å²) in [6.07, 6.45) is -12.3. The highest BCUT2D eigenvalue weighted by molar-refractivity contribution is 5.73. The molecule has 2 aliphatic rings. The van der Waals surface area contributed by atoms with Crippen molar-refractivity contribution >= 4 is 17.3 Å². The summed E-state index contributed by atoms with van der Waals surface area (Å²) in [5.41, 5.74) is 8.54. The Balaban J connectivity index is 0.000000332.